The van der Waals surface area contributed by atoms with E-state index in [4.69, 9.17) is 53.7 Å². The van der Waals surface area contributed by atoms with Crippen LogP contribution in [0.1, 0.15) is 18.1 Å². The van der Waals surface area contributed by atoms with Crippen LogP contribution in [0.25, 0.3) is 33.5 Å². The minimum Gasteiger partial charge on any atom is -0.490 e. The number of ether oxygens (including phenoxy) is 2. The van der Waals surface area contributed by atoms with E-state index in [1.54, 1.807) is 72.9 Å². The Kier molecular flexibility index (Phi) is 7.89. The van der Waals surface area contributed by atoms with Crippen LogP contribution in [0.15, 0.2) is 99.2 Å². The number of aromatic nitrogens is 2. The summed E-state index contributed by atoms with van der Waals surface area (Å²) in [5.41, 5.74) is 2.36. The zero-order valence-corrected chi connectivity index (χ0v) is 24.5. The number of fused-ring (bicyclic) bond motifs is 2. The van der Waals surface area contributed by atoms with Crippen molar-refractivity contribution >= 4 is 62.9 Å². The van der Waals surface area contributed by atoms with Gasteiger partial charge >= 0.3 is 0 Å². The van der Waals surface area contributed by atoms with Crippen molar-refractivity contribution in [3.63, 3.8) is 0 Å². The SMILES string of the molecule is CCOc1cc(C=Nn2c(-c3cc4cc(Cl)ccc4o3)nc3ccccc3c2=O)ccc1OCc1ccc(Cl)c(Cl)c1. The predicted molar refractivity (Wildman–Crippen MR) is 168 cm³/mol. The molecule has 0 N–H and O–H groups in total. The lowest BCUT2D eigenvalue weighted by Gasteiger charge is -2.13. The highest BCUT2D eigenvalue weighted by atomic mass is 35.5. The number of hydrogen-bond acceptors (Lipinski definition) is 6. The van der Waals surface area contributed by atoms with Gasteiger partial charge in [0.2, 0.25) is 5.82 Å². The summed E-state index contributed by atoms with van der Waals surface area (Å²) < 4.78 is 19.1. The smallest absolute Gasteiger partial charge is 0.282 e. The molecule has 0 saturated heterocycles. The molecule has 42 heavy (non-hydrogen) atoms. The number of benzene rings is 4. The molecule has 0 aliphatic heterocycles. The van der Waals surface area contributed by atoms with Gasteiger partial charge in [0.1, 0.15) is 12.2 Å². The zero-order valence-electron chi connectivity index (χ0n) is 22.2. The van der Waals surface area contributed by atoms with Crippen molar-refractivity contribution in [2.45, 2.75) is 13.5 Å². The fourth-order valence-electron chi connectivity index (χ4n) is 4.42. The van der Waals surface area contributed by atoms with Gasteiger partial charge in [-0.05, 0) is 84.8 Å². The Morgan fingerprint density at radius 2 is 1.76 bits per heavy atom. The molecule has 7 nitrogen and oxygen atoms in total. The topological polar surface area (TPSA) is 78.9 Å². The molecule has 0 unspecified atom stereocenters. The maximum atomic E-state index is 13.6. The highest BCUT2D eigenvalue weighted by Gasteiger charge is 2.17. The molecular weight excluding hydrogens is 597 g/mol. The lowest BCUT2D eigenvalue weighted by Crippen LogP contribution is -2.20. The second kappa shape index (κ2) is 11.9. The Balaban J connectivity index is 1.36. The Hall–Kier alpha value is -4.30. The van der Waals surface area contributed by atoms with E-state index in [0.29, 0.717) is 61.0 Å². The molecule has 210 valence electrons. The minimum absolute atomic E-state index is 0.258. The number of halogens is 3. The summed E-state index contributed by atoms with van der Waals surface area (Å²) in [6.45, 7) is 2.59. The molecular formula is C32H22Cl3N3O4. The van der Waals surface area contributed by atoms with Gasteiger partial charge < -0.3 is 13.9 Å². The van der Waals surface area contributed by atoms with Crippen molar-refractivity contribution in [3.8, 4) is 23.1 Å². The van der Waals surface area contributed by atoms with Crippen LogP contribution in [0.2, 0.25) is 15.1 Å². The Morgan fingerprint density at radius 1 is 0.905 bits per heavy atom. The first-order valence-electron chi connectivity index (χ1n) is 13.0. The van der Waals surface area contributed by atoms with Gasteiger partial charge in [0.25, 0.3) is 5.56 Å². The summed E-state index contributed by atoms with van der Waals surface area (Å²) in [6.07, 6.45) is 1.56. The van der Waals surface area contributed by atoms with Crippen LogP contribution in [-0.4, -0.2) is 22.5 Å². The number of hydrogen-bond donors (Lipinski definition) is 0. The fourth-order valence-corrected chi connectivity index (χ4v) is 4.92. The molecule has 6 aromatic rings. The van der Waals surface area contributed by atoms with E-state index in [2.05, 4.69) is 5.10 Å². The molecule has 0 atom stereocenters. The van der Waals surface area contributed by atoms with E-state index < -0.39 is 0 Å². The van der Waals surface area contributed by atoms with Crippen LogP contribution in [0.4, 0.5) is 0 Å². The van der Waals surface area contributed by atoms with Gasteiger partial charge in [-0.3, -0.25) is 4.79 Å². The largest absolute Gasteiger partial charge is 0.490 e. The first kappa shape index (κ1) is 27.8. The highest BCUT2D eigenvalue weighted by Crippen LogP contribution is 2.31. The van der Waals surface area contributed by atoms with Crippen molar-refractivity contribution in [3.05, 3.63) is 121 Å². The van der Waals surface area contributed by atoms with Gasteiger partial charge in [0.15, 0.2) is 17.3 Å². The number of para-hydroxylation sites is 1. The van der Waals surface area contributed by atoms with E-state index in [9.17, 15) is 4.79 Å². The molecule has 0 spiro atoms. The molecule has 0 bridgehead atoms. The molecule has 2 heterocycles. The average Bonchev–Trinajstić information content (AvgIpc) is 3.41. The molecule has 0 aliphatic carbocycles. The van der Waals surface area contributed by atoms with Crippen LogP contribution in [-0.2, 0) is 6.61 Å². The van der Waals surface area contributed by atoms with Crippen molar-refractivity contribution < 1.29 is 13.9 Å². The Morgan fingerprint density at radius 3 is 2.60 bits per heavy atom. The van der Waals surface area contributed by atoms with Gasteiger partial charge in [0.05, 0.1) is 33.8 Å². The predicted octanol–water partition coefficient (Wildman–Crippen LogP) is 8.63. The van der Waals surface area contributed by atoms with Crippen LogP contribution in [0.3, 0.4) is 0 Å². The van der Waals surface area contributed by atoms with Gasteiger partial charge in [-0.1, -0.05) is 53.0 Å². The van der Waals surface area contributed by atoms with Crippen LogP contribution in [0.5, 0.6) is 11.5 Å². The molecule has 10 heteroatoms. The van der Waals surface area contributed by atoms with Gasteiger partial charge in [-0.15, -0.1) is 0 Å². The minimum atomic E-state index is -0.336. The number of nitrogens with zero attached hydrogens (tertiary/aromatic N) is 3. The van der Waals surface area contributed by atoms with Crippen molar-refractivity contribution in [1.29, 1.82) is 0 Å². The van der Waals surface area contributed by atoms with E-state index in [-0.39, 0.29) is 18.0 Å². The normalized spacial score (nSPS) is 11.5. The molecule has 0 fully saturated rings. The first-order chi connectivity index (χ1) is 20.4. The monoisotopic (exact) mass is 617 g/mol. The molecule has 6 rings (SSSR count). The Bertz CT molecular complexity index is 2030. The molecule has 0 aliphatic rings. The third-order valence-corrected chi connectivity index (χ3v) is 7.39. The van der Waals surface area contributed by atoms with Gasteiger partial charge in [-0.2, -0.15) is 9.78 Å². The molecule has 2 aromatic heterocycles. The second-order valence-electron chi connectivity index (χ2n) is 9.28. The van der Waals surface area contributed by atoms with E-state index in [1.165, 1.54) is 4.68 Å². The van der Waals surface area contributed by atoms with E-state index >= 15 is 0 Å². The number of furan rings is 1. The molecule has 0 radical (unpaired) electrons. The van der Waals surface area contributed by atoms with Crippen molar-refractivity contribution in [1.82, 2.24) is 9.66 Å². The lowest BCUT2D eigenvalue weighted by atomic mass is 10.2. The summed E-state index contributed by atoms with van der Waals surface area (Å²) in [5, 5.41) is 7.27. The summed E-state index contributed by atoms with van der Waals surface area (Å²) in [6, 6.07) is 24.9. The highest BCUT2D eigenvalue weighted by molar-refractivity contribution is 6.42. The van der Waals surface area contributed by atoms with Crippen LogP contribution < -0.4 is 15.0 Å². The number of rotatable bonds is 8. The maximum absolute atomic E-state index is 13.6. The maximum Gasteiger partial charge on any atom is 0.282 e. The summed E-state index contributed by atoms with van der Waals surface area (Å²) >= 11 is 18.3. The second-order valence-corrected chi connectivity index (χ2v) is 10.5. The standard InChI is InChI=1S/C32H22Cl3N3O4/c1-2-40-29-14-19(8-11-28(29)41-18-20-7-10-24(34)25(35)13-20)17-36-38-31(37-26-6-4-3-5-23(26)32(38)39)30-16-21-15-22(33)9-12-27(21)42-30/h3-17H,2,18H2,1H3. The zero-order chi connectivity index (χ0) is 29.2. The van der Waals surface area contributed by atoms with Crippen LogP contribution in [0, 0.1) is 0 Å². The first-order valence-corrected chi connectivity index (χ1v) is 14.1. The van der Waals surface area contributed by atoms with Gasteiger partial charge in [-0.25, -0.2) is 4.98 Å². The van der Waals surface area contributed by atoms with Crippen LogP contribution >= 0.6 is 34.8 Å². The van der Waals surface area contributed by atoms with E-state index in [1.807, 2.05) is 25.1 Å². The van der Waals surface area contributed by atoms with Gasteiger partial charge in [0, 0.05) is 10.4 Å². The van der Waals surface area contributed by atoms with Crippen molar-refractivity contribution in [2.75, 3.05) is 6.61 Å². The molecule has 4 aromatic carbocycles. The summed E-state index contributed by atoms with van der Waals surface area (Å²) in [5.74, 6) is 1.72. The molecule has 0 saturated carbocycles. The fraction of sp³-hybridized carbons (Fsp3) is 0.0938. The third-order valence-electron chi connectivity index (χ3n) is 6.42. The average molecular weight is 619 g/mol. The quantitative estimate of drug-likeness (QED) is 0.160. The van der Waals surface area contributed by atoms with Crippen molar-refractivity contribution in [2.24, 2.45) is 5.10 Å². The van der Waals surface area contributed by atoms with E-state index in [0.717, 1.165) is 10.9 Å². The lowest BCUT2D eigenvalue weighted by molar-refractivity contribution is 0.269. The summed E-state index contributed by atoms with van der Waals surface area (Å²) in [4.78, 5) is 18.3. The Labute approximate surface area is 255 Å². The third kappa shape index (κ3) is 5.72. The summed E-state index contributed by atoms with van der Waals surface area (Å²) in [7, 11) is 0. The molecule has 0 amide bonds.